The Morgan fingerprint density at radius 1 is 1.06 bits per heavy atom. The third kappa shape index (κ3) is 6.06. The van der Waals surface area contributed by atoms with Crippen LogP contribution >= 0.6 is 0 Å². The standard InChI is InChI=1S/C39H45N7O6/c1-20-6-11-32(46(20)38(47)34(21(2)50-4)45-39(48)51-5)37-42-29-10-8-23-14-28-26-9-7-24(13-25(26)19-52-33(28)15-27(23)35(29)44-37)31-17-41-36(43-31)30-12-22(16-40-30)18-49-3/h7-10,13-15,17,20-22,30,32,34,40H,6,11-12,16,18-19H2,1-5H3,(H,41,43)(H,42,44)(H,45,48). The van der Waals surface area contributed by atoms with Crippen molar-refractivity contribution in [2.24, 2.45) is 5.92 Å². The lowest BCUT2D eigenvalue weighted by Crippen LogP contribution is -2.55. The number of carbonyl (C=O) groups excluding carboxylic acids is 2. The largest absolute Gasteiger partial charge is 0.488 e. The molecule has 6 unspecified atom stereocenters. The van der Waals surface area contributed by atoms with E-state index in [1.807, 2.05) is 24.1 Å². The van der Waals surface area contributed by atoms with Crippen molar-refractivity contribution in [2.45, 2.75) is 70.0 Å². The second-order valence-electron chi connectivity index (χ2n) is 14.3. The maximum Gasteiger partial charge on any atom is 0.407 e. The van der Waals surface area contributed by atoms with Gasteiger partial charge in [0.1, 0.15) is 30.0 Å². The number of methoxy groups -OCH3 is 3. The summed E-state index contributed by atoms with van der Waals surface area (Å²) in [6.45, 7) is 5.90. The molecule has 5 aromatic rings. The molecule has 3 aromatic carbocycles. The predicted octanol–water partition coefficient (Wildman–Crippen LogP) is 5.77. The van der Waals surface area contributed by atoms with Gasteiger partial charge in [-0.25, -0.2) is 14.8 Å². The number of carbonyl (C=O) groups is 2. The monoisotopic (exact) mass is 707 g/mol. The molecule has 2 amide bonds. The first-order valence-corrected chi connectivity index (χ1v) is 18.0. The molecule has 0 aliphatic carbocycles. The number of rotatable bonds is 9. The molecule has 5 heterocycles. The zero-order valence-electron chi connectivity index (χ0n) is 30.1. The Kier molecular flexibility index (Phi) is 9.10. The summed E-state index contributed by atoms with van der Waals surface area (Å²) in [7, 11) is 4.54. The van der Waals surface area contributed by atoms with Crippen LogP contribution in [0.5, 0.6) is 5.75 Å². The van der Waals surface area contributed by atoms with Gasteiger partial charge in [-0.1, -0.05) is 18.2 Å². The number of amides is 2. The molecule has 0 bridgehead atoms. The first-order valence-electron chi connectivity index (χ1n) is 18.0. The van der Waals surface area contributed by atoms with Gasteiger partial charge in [-0.15, -0.1) is 0 Å². The lowest BCUT2D eigenvalue weighted by molar-refractivity contribution is -0.139. The molecule has 13 nitrogen and oxygen atoms in total. The fraction of sp³-hybridized carbons (Fsp3) is 0.436. The summed E-state index contributed by atoms with van der Waals surface area (Å²) < 4.78 is 22.0. The molecular formula is C39H45N7O6. The highest BCUT2D eigenvalue weighted by Crippen LogP contribution is 2.43. The number of H-pyrrole nitrogens is 2. The highest BCUT2D eigenvalue weighted by Gasteiger charge is 2.42. The van der Waals surface area contributed by atoms with E-state index in [1.54, 1.807) is 14.0 Å². The van der Waals surface area contributed by atoms with E-state index in [0.29, 0.717) is 18.3 Å². The van der Waals surface area contributed by atoms with Crippen LogP contribution in [0, 0.1) is 5.92 Å². The Bertz CT molecular complexity index is 2140. The van der Waals surface area contributed by atoms with Gasteiger partial charge in [0.15, 0.2) is 0 Å². The van der Waals surface area contributed by atoms with E-state index in [9.17, 15) is 9.59 Å². The third-order valence-corrected chi connectivity index (χ3v) is 11.0. The Hall–Kier alpha value is -4.98. The van der Waals surface area contributed by atoms with Crippen LogP contribution in [0.25, 0.3) is 44.2 Å². The molecular weight excluding hydrogens is 662 g/mol. The van der Waals surface area contributed by atoms with E-state index in [4.69, 9.17) is 28.9 Å². The summed E-state index contributed by atoms with van der Waals surface area (Å²) in [5.74, 6) is 2.72. The number of ether oxygens (including phenoxy) is 4. The molecule has 0 radical (unpaired) electrons. The number of imidazole rings is 2. The zero-order valence-corrected chi connectivity index (χ0v) is 30.1. The van der Waals surface area contributed by atoms with Crippen molar-refractivity contribution < 1.29 is 28.5 Å². The summed E-state index contributed by atoms with van der Waals surface area (Å²) in [5.41, 5.74) is 7.05. The summed E-state index contributed by atoms with van der Waals surface area (Å²) in [6.07, 6.45) is 3.21. The average Bonchev–Trinajstić information content (AvgIpc) is 3.98. The summed E-state index contributed by atoms with van der Waals surface area (Å²) in [4.78, 5) is 44.8. The van der Waals surface area contributed by atoms with Gasteiger partial charge >= 0.3 is 6.09 Å². The van der Waals surface area contributed by atoms with Gasteiger partial charge < -0.3 is 44.4 Å². The van der Waals surface area contributed by atoms with E-state index in [1.165, 1.54) is 14.2 Å². The highest BCUT2D eigenvalue weighted by atomic mass is 16.5. The van der Waals surface area contributed by atoms with Gasteiger partial charge in [0, 0.05) is 37.8 Å². The molecule has 2 saturated heterocycles. The van der Waals surface area contributed by atoms with E-state index >= 15 is 0 Å². The average molecular weight is 708 g/mol. The molecule has 0 spiro atoms. The number of benzene rings is 3. The second kappa shape index (κ2) is 13.9. The van der Waals surface area contributed by atoms with Crippen molar-refractivity contribution in [1.29, 1.82) is 0 Å². The van der Waals surface area contributed by atoms with Crippen LogP contribution in [0.4, 0.5) is 4.79 Å². The highest BCUT2D eigenvalue weighted by molar-refractivity contribution is 6.07. The fourth-order valence-corrected chi connectivity index (χ4v) is 8.16. The fourth-order valence-electron chi connectivity index (χ4n) is 8.16. The Morgan fingerprint density at radius 2 is 1.92 bits per heavy atom. The predicted molar refractivity (Wildman–Crippen MR) is 196 cm³/mol. The Labute approximate surface area is 301 Å². The minimum atomic E-state index is -0.908. The Morgan fingerprint density at radius 3 is 2.73 bits per heavy atom. The van der Waals surface area contributed by atoms with Crippen LogP contribution in [0.1, 0.15) is 62.4 Å². The number of fused-ring (bicyclic) bond motifs is 6. The minimum absolute atomic E-state index is 0.0528. The van der Waals surface area contributed by atoms with E-state index in [0.717, 1.165) is 93.7 Å². The molecule has 6 atom stereocenters. The number of likely N-dealkylation sites (tertiary alicyclic amines) is 1. The van der Waals surface area contributed by atoms with Crippen molar-refractivity contribution in [3.63, 3.8) is 0 Å². The number of hydrogen-bond donors (Lipinski definition) is 4. The molecule has 3 aliphatic heterocycles. The van der Waals surface area contributed by atoms with Gasteiger partial charge in [0.05, 0.1) is 54.8 Å². The quantitative estimate of drug-likeness (QED) is 0.149. The maximum atomic E-state index is 14.0. The molecule has 0 saturated carbocycles. The van der Waals surface area contributed by atoms with Gasteiger partial charge in [-0.3, -0.25) is 4.79 Å². The third-order valence-electron chi connectivity index (χ3n) is 11.0. The molecule has 4 N–H and O–H groups in total. The first kappa shape index (κ1) is 34.1. The molecule has 272 valence electrons. The zero-order chi connectivity index (χ0) is 36.1. The normalized spacial score (nSPS) is 22.2. The number of aromatic nitrogens is 4. The molecule has 2 fully saturated rings. The van der Waals surface area contributed by atoms with Crippen molar-refractivity contribution in [3.8, 4) is 28.1 Å². The molecule has 52 heavy (non-hydrogen) atoms. The van der Waals surface area contributed by atoms with Crippen LogP contribution in [0.3, 0.4) is 0 Å². The van der Waals surface area contributed by atoms with Crippen LogP contribution in [-0.4, -0.2) is 89.5 Å². The lowest BCUT2D eigenvalue weighted by Gasteiger charge is -2.33. The van der Waals surface area contributed by atoms with Crippen molar-refractivity contribution >= 4 is 33.8 Å². The van der Waals surface area contributed by atoms with Crippen molar-refractivity contribution in [2.75, 3.05) is 34.5 Å². The molecule has 8 rings (SSSR count). The SMILES string of the molecule is COCC1CNC(c2ncc(-c3ccc4c(c3)COc3cc5c(ccc6[nH]c(C7CCC(C)N7C(=O)C(NC(=O)OC)C(C)OC)nc65)cc3-4)[nH]2)C1. The number of nitrogens with zero attached hydrogens (tertiary/aromatic N) is 3. The smallest absolute Gasteiger partial charge is 0.407 e. The minimum Gasteiger partial charge on any atom is -0.488 e. The molecule has 3 aliphatic rings. The van der Waals surface area contributed by atoms with Gasteiger partial charge in [0.2, 0.25) is 5.91 Å². The van der Waals surface area contributed by atoms with Gasteiger partial charge in [-0.2, -0.15) is 0 Å². The molecule has 13 heteroatoms. The van der Waals surface area contributed by atoms with Gasteiger partial charge in [0.25, 0.3) is 0 Å². The van der Waals surface area contributed by atoms with Crippen LogP contribution in [0.15, 0.2) is 48.7 Å². The number of alkyl carbamates (subject to hydrolysis) is 1. The summed E-state index contributed by atoms with van der Waals surface area (Å²) in [6, 6.07) is 13.8. The Balaban J connectivity index is 1.07. The number of hydrogen-bond acceptors (Lipinski definition) is 9. The van der Waals surface area contributed by atoms with E-state index < -0.39 is 18.2 Å². The molecule has 2 aromatic heterocycles. The topological polar surface area (TPSA) is 156 Å². The van der Waals surface area contributed by atoms with Crippen molar-refractivity contribution in [3.05, 3.63) is 65.9 Å². The van der Waals surface area contributed by atoms with Crippen LogP contribution in [0.2, 0.25) is 0 Å². The summed E-state index contributed by atoms with van der Waals surface area (Å²) in [5, 5.41) is 8.25. The first-order chi connectivity index (χ1) is 25.3. The van der Waals surface area contributed by atoms with E-state index in [2.05, 4.69) is 57.0 Å². The maximum absolute atomic E-state index is 14.0. The lowest BCUT2D eigenvalue weighted by atomic mass is 9.92. The number of aromatic amines is 2. The van der Waals surface area contributed by atoms with Crippen LogP contribution in [-0.2, 0) is 25.6 Å². The van der Waals surface area contributed by atoms with Gasteiger partial charge in [-0.05, 0) is 85.4 Å². The van der Waals surface area contributed by atoms with Crippen LogP contribution < -0.4 is 15.4 Å². The summed E-state index contributed by atoms with van der Waals surface area (Å²) >= 11 is 0. The van der Waals surface area contributed by atoms with Crippen molar-refractivity contribution in [1.82, 2.24) is 35.5 Å². The second-order valence-corrected chi connectivity index (χ2v) is 14.3. The number of nitrogens with one attached hydrogen (secondary N) is 4. The van der Waals surface area contributed by atoms with E-state index in [-0.39, 0.29) is 24.0 Å².